The molecular weight excluding hydrogens is 600 g/mol. The summed E-state index contributed by atoms with van der Waals surface area (Å²) in [7, 11) is 1.61. The number of ether oxygens (including phenoxy) is 2. The van der Waals surface area contributed by atoms with Crippen LogP contribution in [0.1, 0.15) is 50.8 Å². The van der Waals surface area contributed by atoms with Crippen LogP contribution in [0.15, 0.2) is 81.7 Å². The van der Waals surface area contributed by atoms with E-state index in [4.69, 9.17) is 14.5 Å². The number of hydrogen-bond donors (Lipinski definition) is 0. The van der Waals surface area contributed by atoms with Gasteiger partial charge in [-0.1, -0.05) is 53.8 Å². The molecule has 3 aromatic carbocycles. The van der Waals surface area contributed by atoms with E-state index >= 15 is 0 Å². The van der Waals surface area contributed by atoms with Crippen molar-refractivity contribution in [3.8, 4) is 11.5 Å². The molecule has 1 atom stereocenters. The van der Waals surface area contributed by atoms with Gasteiger partial charge in [0.25, 0.3) is 17.4 Å². The lowest BCUT2D eigenvalue weighted by molar-refractivity contribution is -0.132. The number of likely N-dealkylation sites (N-methyl/N-ethyl adjacent to an activating group) is 1. The van der Waals surface area contributed by atoms with Gasteiger partial charge in [0, 0.05) is 31.7 Å². The SMILES string of the molecule is CCN(CC)C(=O)C1=C(C)N=c2s/c(=C\c3ccc(OCC(=O)N4CCCC4)cc3)c(=O)n2[C@H]1c1c(OC)ccc2ccccc12. The molecule has 1 fully saturated rings. The summed E-state index contributed by atoms with van der Waals surface area (Å²) in [6.45, 7) is 8.37. The molecule has 6 rings (SSSR count). The van der Waals surface area contributed by atoms with Crippen LogP contribution in [-0.4, -0.2) is 66.1 Å². The predicted molar refractivity (Wildman–Crippen MR) is 180 cm³/mol. The Labute approximate surface area is 271 Å². The number of benzene rings is 3. The number of hydrogen-bond acceptors (Lipinski definition) is 7. The van der Waals surface area contributed by atoms with Gasteiger partial charge < -0.3 is 19.3 Å². The zero-order valence-corrected chi connectivity index (χ0v) is 27.4. The van der Waals surface area contributed by atoms with Gasteiger partial charge in [0.2, 0.25) is 0 Å². The van der Waals surface area contributed by atoms with Crippen LogP contribution in [-0.2, 0) is 9.59 Å². The molecule has 0 unspecified atom stereocenters. The van der Waals surface area contributed by atoms with Crippen molar-refractivity contribution in [1.29, 1.82) is 0 Å². The smallest absolute Gasteiger partial charge is 0.271 e. The molecule has 1 saturated heterocycles. The zero-order chi connectivity index (χ0) is 32.4. The molecule has 0 spiro atoms. The highest BCUT2D eigenvalue weighted by Crippen LogP contribution is 2.40. The minimum absolute atomic E-state index is 0.00345. The number of fused-ring (bicyclic) bond motifs is 2. The molecule has 46 heavy (non-hydrogen) atoms. The van der Waals surface area contributed by atoms with Gasteiger partial charge in [0.05, 0.1) is 22.9 Å². The number of carbonyl (C=O) groups is 2. The number of rotatable bonds is 9. The van der Waals surface area contributed by atoms with E-state index in [1.54, 1.807) is 28.7 Å². The highest BCUT2D eigenvalue weighted by Gasteiger charge is 2.36. The van der Waals surface area contributed by atoms with E-state index in [1.807, 2.05) is 80.3 Å². The molecule has 2 aliphatic heterocycles. The highest BCUT2D eigenvalue weighted by atomic mass is 32.1. The van der Waals surface area contributed by atoms with Crippen molar-refractivity contribution < 1.29 is 19.1 Å². The van der Waals surface area contributed by atoms with Gasteiger partial charge in [-0.15, -0.1) is 0 Å². The van der Waals surface area contributed by atoms with Crippen LogP contribution >= 0.6 is 11.3 Å². The number of amides is 2. The maximum absolute atomic E-state index is 14.3. The van der Waals surface area contributed by atoms with E-state index in [2.05, 4.69) is 0 Å². The highest BCUT2D eigenvalue weighted by molar-refractivity contribution is 7.07. The van der Waals surface area contributed by atoms with Crippen molar-refractivity contribution >= 4 is 40.0 Å². The average Bonchev–Trinajstić information content (AvgIpc) is 3.72. The van der Waals surface area contributed by atoms with Crippen LogP contribution < -0.4 is 24.4 Å². The minimum atomic E-state index is -0.739. The third-order valence-corrected chi connectivity index (χ3v) is 9.71. The van der Waals surface area contributed by atoms with Gasteiger partial charge in [0.15, 0.2) is 11.4 Å². The zero-order valence-electron chi connectivity index (χ0n) is 26.6. The Hall–Kier alpha value is -4.70. The number of thiazole rings is 1. The molecule has 2 amide bonds. The molecule has 4 aromatic rings. The molecular formula is C36H38N4O5S. The first kappa shape index (κ1) is 31.3. The number of nitrogens with zero attached hydrogens (tertiary/aromatic N) is 4. The van der Waals surface area contributed by atoms with Crippen LogP contribution in [0.3, 0.4) is 0 Å². The normalized spacial score (nSPS) is 16.4. The van der Waals surface area contributed by atoms with E-state index in [-0.39, 0.29) is 24.0 Å². The first-order valence-electron chi connectivity index (χ1n) is 15.7. The number of methoxy groups -OCH3 is 1. The van der Waals surface area contributed by atoms with E-state index < -0.39 is 6.04 Å². The van der Waals surface area contributed by atoms with E-state index in [0.29, 0.717) is 45.2 Å². The summed E-state index contributed by atoms with van der Waals surface area (Å²) < 4.78 is 13.8. The molecule has 238 valence electrons. The monoisotopic (exact) mass is 638 g/mol. The Morgan fingerprint density at radius 3 is 2.43 bits per heavy atom. The molecule has 2 aliphatic rings. The maximum Gasteiger partial charge on any atom is 0.271 e. The maximum atomic E-state index is 14.3. The predicted octanol–water partition coefficient (Wildman–Crippen LogP) is 4.27. The Bertz CT molecular complexity index is 2000. The van der Waals surface area contributed by atoms with Crippen molar-refractivity contribution in [3.05, 3.63) is 103 Å². The van der Waals surface area contributed by atoms with Crippen molar-refractivity contribution in [2.75, 3.05) is 39.9 Å². The second-order valence-corrected chi connectivity index (χ2v) is 12.4. The Balaban J connectivity index is 1.43. The van der Waals surface area contributed by atoms with Gasteiger partial charge in [-0.05, 0) is 74.2 Å². The Kier molecular flexibility index (Phi) is 9.08. The summed E-state index contributed by atoms with van der Waals surface area (Å²) in [6, 6.07) is 18.4. The third-order valence-electron chi connectivity index (χ3n) is 8.73. The van der Waals surface area contributed by atoms with Gasteiger partial charge >= 0.3 is 0 Å². The van der Waals surface area contributed by atoms with E-state index in [1.165, 1.54) is 11.3 Å². The fourth-order valence-corrected chi connectivity index (χ4v) is 7.35. The lowest BCUT2D eigenvalue weighted by Crippen LogP contribution is -2.43. The minimum Gasteiger partial charge on any atom is -0.496 e. The number of carbonyl (C=O) groups excluding carboxylic acids is 2. The summed E-state index contributed by atoms with van der Waals surface area (Å²) >= 11 is 1.29. The standard InChI is InChI=1S/C36H38N4O5S/c1-5-38(6-2)35(43)31-23(3)37-36-40(33(31)32-27-12-8-7-11-25(27)15-18-28(32)44-4)34(42)29(46-36)21-24-13-16-26(17-14-24)45-22-30(41)39-19-9-10-20-39/h7-8,11-18,21,33H,5-6,9-10,19-20,22H2,1-4H3/b29-21-/t33-/m1/s1. The van der Waals surface area contributed by atoms with Crippen molar-refractivity contribution in [3.63, 3.8) is 0 Å². The molecule has 1 aromatic heterocycles. The molecule has 10 heteroatoms. The lowest BCUT2D eigenvalue weighted by Gasteiger charge is -2.30. The van der Waals surface area contributed by atoms with Crippen LogP contribution in [0.25, 0.3) is 16.8 Å². The molecule has 3 heterocycles. The van der Waals surface area contributed by atoms with Crippen molar-refractivity contribution in [2.24, 2.45) is 4.99 Å². The molecule has 0 aliphatic carbocycles. The summed E-state index contributed by atoms with van der Waals surface area (Å²) in [6.07, 6.45) is 3.90. The molecule has 0 bridgehead atoms. The summed E-state index contributed by atoms with van der Waals surface area (Å²) in [5, 5.41) is 1.88. The van der Waals surface area contributed by atoms with E-state index in [0.717, 1.165) is 47.8 Å². The fraction of sp³-hybridized carbons (Fsp3) is 0.333. The summed E-state index contributed by atoms with van der Waals surface area (Å²) in [4.78, 5) is 49.7. The Morgan fingerprint density at radius 1 is 1.02 bits per heavy atom. The first-order chi connectivity index (χ1) is 22.3. The van der Waals surface area contributed by atoms with Gasteiger partial charge in [-0.2, -0.15) is 0 Å². The summed E-state index contributed by atoms with van der Waals surface area (Å²) in [5.41, 5.74) is 2.36. The molecule has 0 N–H and O–H groups in total. The first-order valence-corrected chi connectivity index (χ1v) is 16.5. The lowest BCUT2D eigenvalue weighted by atomic mass is 9.90. The van der Waals surface area contributed by atoms with Gasteiger partial charge in [-0.25, -0.2) is 4.99 Å². The number of allylic oxidation sites excluding steroid dienone is 1. The topological polar surface area (TPSA) is 93.4 Å². The number of aromatic nitrogens is 1. The second kappa shape index (κ2) is 13.3. The Morgan fingerprint density at radius 2 is 1.74 bits per heavy atom. The molecule has 0 radical (unpaired) electrons. The third kappa shape index (κ3) is 5.85. The molecule has 9 nitrogen and oxygen atoms in total. The fourth-order valence-electron chi connectivity index (χ4n) is 6.30. The number of likely N-dealkylation sites (tertiary alicyclic amines) is 1. The largest absolute Gasteiger partial charge is 0.496 e. The van der Waals surface area contributed by atoms with Crippen LogP contribution in [0.2, 0.25) is 0 Å². The van der Waals surface area contributed by atoms with E-state index in [9.17, 15) is 14.4 Å². The van der Waals surface area contributed by atoms with Gasteiger partial charge in [0.1, 0.15) is 17.5 Å². The quantitative estimate of drug-likeness (QED) is 0.273. The van der Waals surface area contributed by atoms with Crippen LogP contribution in [0.4, 0.5) is 0 Å². The van der Waals surface area contributed by atoms with Crippen LogP contribution in [0.5, 0.6) is 11.5 Å². The van der Waals surface area contributed by atoms with Gasteiger partial charge in [-0.3, -0.25) is 19.0 Å². The second-order valence-electron chi connectivity index (χ2n) is 11.4. The summed E-state index contributed by atoms with van der Waals surface area (Å²) in [5.74, 6) is 1.02. The average molecular weight is 639 g/mol. The molecule has 0 saturated carbocycles. The van der Waals surface area contributed by atoms with Crippen molar-refractivity contribution in [1.82, 2.24) is 14.4 Å². The van der Waals surface area contributed by atoms with Crippen molar-refractivity contribution in [2.45, 2.75) is 39.7 Å². The van der Waals surface area contributed by atoms with Crippen LogP contribution in [0, 0.1) is 0 Å².